The van der Waals surface area contributed by atoms with E-state index in [1.807, 2.05) is 24.3 Å². The molecule has 0 aliphatic carbocycles. The van der Waals surface area contributed by atoms with Crippen LogP contribution in [0.3, 0.4) is 0 Å². The number of hydrogen-bond acceptors (Lipinski definition) is 1. The molecule has 1 atom stereocenters. The van der Waals surface area contributed by atoms with Crippen LogP contribution in [0.2, 0.25) is 0 Å². The van der Waals surface area contributed by atoms with E-state index in [0.717, 1.165) is 23.3 Å². The summed E-state index contributed by atoms with van der Waals surface area (Å²) in [4.78, 5) is 14.4. The summed E-state index contributed by atoms with van der Waals surface area (Å²) in [6.07, 6.45) is 0.531. The summed E-state index contributed by atoms with van der Waals surface area (Å²) in [7, 11) is 0. The number of carbonyl (C=O) groups excluding carboxylic acids is 1. The topological polar surface area (TPSA) is 20.3 Å². The molecular weight excluding hydrogens is 351 g/mol. The van der Waals surface area contributed by atoms with Crippen LogP contribution in [0.5, 0.6) is 0 Å². The first-order valence-corrected chi connectivity index (χ1v) is 8.65. The van der Waals surface area contributed by atoms with E-state index in [1.54, 1.807) is 18.2 Å². The van der Waals surface area contributed by atoms with Crippen molar-refractivity contribution in [3.8, 4) is 0 Å². The van der Waals surface area contributed by atoms with Crippen molar-refractivity contribution in [2.75, 3.05) is 6.54 Å². The molecule has 1 aliphatic heterocycles. The van der Waals surface area contributed by atoms with E-state index in [9.17, 15) is 18.0 Å². The highest BCUT2D eigenvalue weighted by atomic mass is 19.1. The molecule has 1 heterocycles. The Morgan fingerprint density at radius 2 is 1.37 bits per heavy atom. The predicted octanol–water partition coefficient (Wildman–Crippen LogP) is 4.89. The number of amides is 1. The summed E-state index contributed by atoms with van der Waals surface area (Å²) < 4.78 is 43.0. The van der Waals surface area contributed by atoms with Gasteiger partial charge in [0.05, 0.1) is 6.04 Å². The molecule has 0 fully saturated rings. The molecule has 0 N–H and O–H groups in total. The van der Waals surface area contributed by atoms with Gasteiger partial charge in [0.15, 0.2) is 0 Å². The van der Waals surface area contributed by atoms with Crippen LogP contribution in [0.4, 0.5) is 13.2 Å². The van der Waals surface area contributed by atoms with Crippen molar-refractivity contribution in [1.82, 2.24) is 4.90 Å². The van der Waals surface area contributed by atoms with Crippen molar-refractivity contribution in [3.63, 3.8) is 0 Å². The Labute approximate surface area is 154 Å². The molecule has 2 nitrogen and oxygen atoms in total. The molecule has 3 aromatic carbocycles. The van der Waals surface area contributed by atoms with Crippen LogP contribution in [-0.2, 0) is 6.42 Å². The molecule has 5 heteroatoms. The highest BCUT2D eigenvalue weighted by molar-refractivity contribution is 5.95. The first-order chi connectivity index (χ1) is 13.1. The van der Waals surface area contributed by atoms with Gasteiger partial charge in [-0.3, -0.25) is 4.79 Å². The quantitative estimate of drug-likeness (QED) is 0.631. The maximum absolute atomic E-state index is 14.6. The second-order valence-electron chi connectivity index (χ2n) is 6.47. The third-order valence-electron chi connectivity index (χ3n) is 4.92. The van der Waals surface area contributed by atoms with Gasteiger partial charge in [-0.25, -0.2) is 13.2 Å². The second-order valence-corrected chi connectivity index (χ2v) is 6.47. The smallest absolute Gasteiger partial charge is 0.260 e. The molecule has 0 saturated carbocycles. The summed E-state index contributed by atoms with van der Waals surface area (Å²) in [6.45, 7) is 0.239. The zero-order chi connectivity index (χ0) is 19.0. The standard InChI is InChI=1S/C22H16F3NO/c23-17-9-4-3-8-16(17)21-15-7-2-1-6-14(15)12-13-26(21)22(27)20-18(24)10-5-11-19(20)25/h1-11,21H,12-13H2/t21-/m1/s1. The number of hydrogen-bond donors (Lipinski definition) is 0. The number of benzene rings is 3. The van der Waals surface area contributed by atoms with Gasteiger partial charge in [-0.15, -0.1) is 0 Å². The molecule has 27 heavy (non-hydrogen) atoms. The Bertz CT molecular complexity index is 998. The third-order valence-corrected chi connectivity index (χ3v) is 4.92. The average Bonchev–Trinajstić information content (AvgIpc) is 2.67. The van der Waals surface area contributed by atoms with E-state index < -0.39 is 35.0 Å². The Kier molecular flexibility index (Phi) is 4.44. The number of carbonyl (C=O) groups is 1. The number of rotatable bonds is 2. The van der Waals surface area contributed by atoms with Crippen LogP contribution < -0.4 is 0 Å². The van der Waals surface area contributed by atoms with Crippen molar-refractivity contribution >= 4 is 5.91 Å². The summed E-state index contributed by atoms with van der Waals surface area (Å²) in [5.41, 5.74) is 1.44. The van der Waals surface area contributed by atoms with E-state index in [2.05, 4.69) is 0 Å². The Balaban J connectivity index is 1.87. The maximum atomic E-state index is 14.6. The molecule has 3 aromatic rings. The molecule has 0 aromatic heterocycles. The lowest BCUT2D eigenvalue weighted by molar-refractivity contribution is 0.0682. The maximum Gasteiger partial charge on any atom is 0.260 e. The van der Waals surface area contributed by atoms with Crippen LogP contribution in [0.15, 0.2) is 66.7 Å². The number of nitrogens with zero attached hydrogens (tertiary/aromatic N) is 1. The number of halogens is 3. The van der Waals surface area contributed by atoms with Gasteiger partial charge in [-0.1, -0.05) is 48.5 Å². The Morgan fingerprint density at radius 3 is 2.07 bits per heavy atom. The zero-order valence-corrected chi connectivity index (χ0v) is 14.3. The average molecular weight is 367 g/mol. The molecule has 0 bridgehead atoms. The van der Waals surface area contributed by atoms with Crippen LogP contribution in [0, 0.1) is 17.5 Å². The fourth-order valence-corrected chi connectivity index (χ4v) is 3.66. The second kappa shape index (κ2) is 6.91. The first kappa shape index (κ1) is 17.3. The van der Waals surface area contributed by atoms with Gasteiger partial charge in [0.2, 0.25) is 0 Å². The van der Waals surface area contributed by atoms with Crippen LogP contribution >= 0.6 is 0 Å². The summed E-state index contributed by atoms with van der Waals surface area (Å²) in [5.74, 6) is -3.10. The van der Waals surface area contributed by atoms with Gasteiger partial charge in [0.25, 0.3) is 5.91 Å². The third kappa shape index (κ3) is 2.99. The van der Waals surface area contributed by atoms with Crippen molar-refractivity contribution in [2.45, 2.75) is 12.5 Å². The minimum atomic E-state index is -0.925. The fraction of sp³-hybridized carbons (Fsp3) is 0.136. The largest absolute Gasteiger partial charge is 0.327 e. The van der Waals surface area contributed by atoms with Gasteiger partial charge in [0.1, 0.15) is 23.0 Å². The molecule has 136 valence electrons. The van der Waals surface area contributed by atoms with Crippen molar-refractivity contribution in [3.05, 3.63) is 106 Å². The molecule has 4 rings (SSSR count). The molecule has 0 spiro atoms. The lowest BCUT2D eigenvalue weighted by Crippen LogP contribution is -2.41. The minimum absolute atomic E-state index is 0.239. The summed E-state index contributed by atoms with van der Waals surface area (Å²) in [5, 5.41) is 0. The van der Waals surface area contributed by atoms with Crippen molar-refractivity contribution < 1.29 is 18.0 Å². The zero-order valence-electron chi connectivity index (χ0n) is 14.3. The predicted molar refractivity (Wildman–Crippen MR) is 95.8 cm³/mol. The molecular formula is C22H16F3NO. The van der Waals surface area contributed by atoms with Crippen molar-refractivity contribution in [1.29, 1.82) is 0 Å². The minimum Gasteiger partial charge on any atom is -0.327 e. The van der Waals surface area contributed by atoms with E-state index >= 15 is 0 Å². The van der Waals surface area contributed by atoms with Gasteiger partial charge >= 0.3 is 0 Å². The fourth-order valence-electron chi connectivity index (χ4n) is 3.66. The summed E-state index contributed by atoms with van der Waals surface area (Å²) >= 11 is 0. The normalized spacial score (nSPS) is 16.1. The van der Waals surface area contributed by atoms with Gasteiger partial charge < -0.3 is 4.90 Å². The van der Waals surface area contributed by atoms with Crippen LogP contribution in [0.25, 0.3) is 0 Å². The van der Waals surface area contributed by atoms with E-state index in [1.165, 1.54) is 17.0 Å². The lowest BCUT2D eigenvalue weighted by Gasteiger charge is -2.38. The molecule has 1 aliphatic rings. The first-order valence-electron chi connectivity index (χ1n) is 8.65. The van der Waals surface area contributed by atoms with Gasteiger partial charge in [-0.2, -0.15) is 0 Å². The summed E-state index contributed by atoms with van der Waals surface area (Å²) in [6, 6.07) is 16.2. The Morgan fingerprint density at radius 1 is 0.778 bits per heavy atom. The monoisotopic (exact) mass is 367 g/mol. The number of fused-ring (bicyclic) bond motifs is 1. The lowest BCUT2D eigenvalue weighted by atomic mass is 9.87. The van der Waals surface area contributed by atoms with E-state index in [4.69, 9.17) is 0 Å². The molecule has 0 saturated heterocycles. The highest BCUT2D eigenvalue weighted by Crippen LogP contribution is 2.37. The van der Waals surface area contributed by atoms with Crippen molar-refractivity contribution in [2.24, 2.45) is 0 Å². The highest BCUT2D eigenvalue weighted by Gasteiger charge is 2.35. The SMILES string of the molecule is O=C(c1c(F)cccc1F)N1CCc2ccccc2[C@@H]1c1ccccc1F. The van der Waals surface area contributed by atoms with Gasteiger partial charge in [0, 0.05) is 12.1 Å². The van der Waals surface area contributed by atoms with E-state index in [0.29, 0.717) is 12.0 Å². The van der Waals surface area contributed by atoms with Crippen LogP contribution in [0.1, 0.15) is 33.1 Å². The molecule has 0 radical (unpaired) electrons. The van der Waals surface area contributed by atoms with Crippen LogP contribution in [-0.4, -0.2) is 17.4 Å². The Hall–Kier alpha value is -3.08. The van der Waals surface area contributed by atoms with Gasteiger partial charge in [-0.05, 0) is 35.7 Å². The molecule has 0 unspecified atom stereocenters. The molecule has 1 amide bonds. The van der Waals surface area contributed by atoms with E-state index in [-0.39, 0.29) is 6.54 Å².